The van der Waals surface area contributed by atoms with Gasteiger partial charge in [-0.2, -0.15) is 0 Å². The molecule has 0 aromatic rings. The average molecular weight is 662 g/mol. The Hall–Kier alpha value is -2.96. The molecule has 2 fully saturated rings. The van der Waals surface area contributed by atoms with E-state index in [1.807, 2.05) is 0 Å². The fourth-order valence-corrected chi connectivity index (χ4v) is 4.87. The zero-order chi connectivity index (χ0) is 33.0. The van der Waals surface area contributed by atoms with Crippen molar-refractivity contribution in [3.8, 4) is 0 Å². The number of ketones is 1. The summed E-state index contributed by atoms with van der Waals surface area (Å²) in [5.74, 6) is -2.26. The van der Waals surface area contributed by atoms with E-state index in [1.165, 1.54) is 18.7 Å². The van der Waals surface area contributed by atoms with Gasteiger partial charge in [-0.15, -0.1) is 16.8 Å². The maximum atomic E-state index is 12.6. The number of ether oxygens (including phenoxy) is 5. The molecule has 2 aliphatic rings. The minimum Gasteiger partial charge on any atom is -0.378 e. The first-order chi connectivity index (χ1) is 21.6. The van der Waals surface area contributed by atoms with Gasteiger partial charge in [0.05, 0.1) is 71.1 Å². The molecule has 5 amide bonds. The zero-order valence-electron chi connectivity index (χ0n) is 25.8. The van der Waals surface area contributed by atoms with Gasteiger partial charge in [0.1, 0.15) is 6.10 Å². The Balaban J connectivity index is 1.39. The zero-order valence-corrected chi connectivity index (χ0v) is 26.6. The van der Waals surface area contributed by atoms with Crippen molar-refractivity contribution in [2.75, 3.05) is 78.3 Å². The van der Waals surface area contributed by atoms with Crippen LogP contribution in [0.25, 0.3) is 0 Å². The highest BCUT2D eigenvalue weighted by Crippen LogP contribution is 2.25. The molecule has 0 aromatic carbocycles. The van der Waals surface area contributed by atoms with Crippen LogP contribution in [0.5, 0.6) is 0 Å². The van der Waals surface area contributed by atoms with Crippen LogP contribution in [0, 0.1) is 0 Å². The van der Waals surface area contributed by atoms with E-state index < -0.39 is 29.1 Å². The Morgan fingerprint density at radius 2 is 1.42 bits per heavy atom. The highest BCUT2D eigenvalue weighted by atomic mass is 32.2. The third kappa shape index (κ3) is 15.3. The van der Waals surface area contributed by atoms with Crippen molar-refractivity contribution >= 4 is 53.1 Å². The number of hydroxylamine groups is 2. The molecule has 2 atom stereocenters. The number of hydrogen-bond acceptors (Lipinski definition) is 14. The molecule has 45 heavy (non-hydrogen) atoms. The molecule has 0 saturated carbocycles. The second-order valence-electron chi connectivity index (χ2n) is 9.92. The van der Waals surface area contributed by atoms with Gasteiger partial charge in [0, 0.05) is 44.5 Å². The van der Waals surface area contributed by atoms with Crippen molar-refractivity contribution in [1.29, 1.82) is 0 Å². The minimum atomic E-state index is -0.736. The smallest absolute Gasteiger partial charge is 0.335 e. The molecule has 0 aromatic heterocycles. The molecule has 254 valence electrons. The van der Waals surface area contributed by atoms with E-state index >= 15 is 0 Å². The van der Waals surface area contributed by atoms with Crippen LogP contribution in [0.3, 0.4) is 0 Å². The van der Waals surface area contributed by atoms with Crippen LogP contribution in [-0.4, -0.2) is 141 Å². The third-order valence-electron chi connectivity index (χ3n) is 6.44. The van der Waals surface area contributed by atoms with E-state index in [-0.39, 0.29) is 108 Å². The molecule has 17 heteroatoms. The lowest BCUT2D eigenvalue weighted by Crippen LogP contribution is -2.36. The number of rotatable bonds is 25. The van der Waals surface area contributed by atoms with Gasteiger partial charge in [-0.3, -0.25) is 33.7 Å². The number of hydrogen-bond donors (Lipinski definition) is 1. The van der Waals surface area contributed by atoms with Crippen molar-refractivity contribution in [1.82, 2.24) is 15.3 Å². The van der Waals surface area contributed by atoms with Crippen LogP contribution in [-0.2, 0) is 62.1 Å². The molecular formula is C28H43N3O13S. The summed E-state index contributed by atoms with van der Waals surface area (Å²) in [6.07, 6.45) is -0.437. The summed E-state index contributed by atoms with van der Waals surface area (Å²) in [5, 5.41) is 2.67. The Bertz CT molecular complexity index is 1010. The van der Waals surface area contributed by atoms with Crippen LogP contribution in [0.2, 0.25) is 0 Å². The van der Waals surface area contributed by atoms with Crippen LogP contribution >= 0.6 is 11.8 Å². The van der Waals surface area contributed by atoms with Crippen LogP contribution < -0.4 is 5.32 Å². The molecule has 2 aliphatic heterocycles. The minimum absolute atomic E-state index is 0.00794. The predicted molar refractivity (Wildman–Crippen MR) is 156 cm³/mol. The van der Waals surface area contributed by atoms with Gasteiger partial charge in [0.2, 0.25) is 17.7 Å². The Kier molecular flexibility index (Phi) is 18.4. The molecule has 0 radical (unpaired) electrons. The van der Waals surface area contributed by atoms with Gasteiger partial charge < -0.3 is 33.8 Å². The van der Waals surface area contributed by atoms with Crippen LogP contribution in [0.15, 0.2) is 0 Å². The molecule has 0 aliphatic carbocycles. The number of Topliss-reactive ketones (excluding diaryl/α,β-unsaturated/α-hetero) is 1. The second-order valence-corrected chi connectivity index (χ2v) is 11.2. The normalized spacial score (nSPS) is 17.3. The third-order valence-corrected chi connectivity index (χ3v) is 7.61. The second kappa shape index (κ2) is 21.7. The molecular weight excluding hydrogens is 618 g/mol. The summed E-state index contributed by atoms with van der Waals surface area (Å²) in [7, 11) is 0. The largest absolute Gasteiger partial charge is 0.378 e. The molecule has 2 saturated heterocycles. The van der Waals surface area contributed by atoms with Crippen molar-refractivity contribution < 1.29 is 62.1 Å². The van der Waals surface area contributed by atoms with Crippen molar-refractivity contribution in [3.05, 3.63) is 0 Å². The molecule has 1 N–H and O–H groups in total. The number of amides is 5. The molecule has 2 heterocycles. The number of thioether (sulfide) groups is 1. The molecule has 0 spiro atoms. The fourth-order valence-electron chi connectivity index (χ4n) is 3.84. The van der Waals surface area contributed by atoms with Crippen LogP contribution in [0.4, 0.5) is 0 Å². The summed E-state index contributed by atoms with van der Waals surface area (Å²) in [4.78, 5) is 88.4. The molecule has 1 unspecified atom stereocenters. The van der Waals surface area contributed by atoms with Gasteiger partial charge in [0.15, 0.2) is 5.78 Å². The summed E-state index contributed by atoms with van der Waals surface area (Å²) in [6.45, 7) is 5.75. The van der Waals surface area contributed by atoms with Gasteiger partial charge >= 0.3 is 5.97 Å². The average Bonchev–Trinajstić information content (AvgIpc) is 3.46. The van der Waals surface area contributed by atoms with Gasteiger partial charge in [-0.1, -0.05) is 0 Å². The fraction of sp³-hybridized carbons (Fsp3) is 0.750. The topological polar surface area (TPSA) is 193 Å². The first kappa shape index (κ1) is 38.2. The van der Waals surface area contributed by atoms with E-state index in [4.69, 9.17) is 28.5 Å². The standard InChI is InChI=1S/C28H43N3O13S/c1-20(32)21(2)43-16-15-42-17-18-45-22-19-26(36)30(28(22)38)8-5-23(33)29-7-10-40-12-14-41-13-11-39-9-6-27(37)44-31-24(34)3-4-25(31)35/h21-22H,3-19H2,1-2H3,(H,29,33)/t21-,22?/m0/s1. The van der Waals surface area contributed by atoms with E-state index in [0.717, 1.165) is 4.90 Å². The number of nitrogens with zero attached hydrogens (tertiary/aromatic N) is 2. The Morgan fingerprint density at radius 1 is 0.822 bits per heavy atom. The maximum absolute atomic E-state index is 12.6. The monoisotopic (exact) mass is 661 g/mol. The number of imide groups is 2. The van der Waals surface area contributed by atoms with Crippen molar-refractivity contribution in [3.63, 3.8) is 0 Å². The van der Waals surface area contributed by atoms with Crippen LogP contribution in [0.1, 0.15) is 46.0 Å². The van der Waals surface area contributed by atoms with E-state index in [2.05, 4.69) is 5.32 Å². The van der Waals surface area contributed by atoms with Crippen molar-refractivity contribution in [2.24, 2.45) is 0 Å². The number of nitrogens with one attached hydrogen (secondary N) is 1. The highest BCUT2D eigenvalue weighted by molar-refractivity contribution is 8.00. The summed E-state index contributed by atoms with van der Waals surface area (Å²) >= 11 is 1.34. The highest BCUT2D eigenvalue weighted by Gasteiger charge is 2.38. The lowest BCUT2D eigenvalue weighted by atomic mass is 10.3. The molecule has 2 rings (SSSR count). The quantitative estimate of drug-likeness (QED) is 0.0964. The Labute approximate surface area is 266 Å². The number of carbonyl (C=O) groups is 7. The van der Waals surface area contributed by atoms with E-state index in [1.54, 1.807) is 6.92 Å². The number of carbonyl (C=O) groups excluding carboxylic acids is 7. The summed E-state index contributed by atoms with van der Waals surface area (Å²) < 4.78 is 26.7. The predicted octanol–water partition coefficient (Wildman–Crippen LogP) is -0.589. The van der Waals surface area contributed by atoms with Gasteiger partial charge in [0.25, 0.3) is 11.8 Å². The lowest BCUT2D eigenvalue weighted by Gasteiger charge is -2.15. The summed E-state index contributed by atoms with van der Waals surface area (Å²) in [6, 6.07) is 0. The first-order valence-corrected chi connectivity index (χ1v) is 15.9. The first-order valence-electron chi connectivity index (χ1n) is 14.8. The summed E-state index contributed by atoms with van der Waals surface area (Å²) in [5.41, 5.74) is 0. The Morgan fingerprint density at radius 3 is 2.09 bits per heavy atom. The van der Waals surface area contributed by atoms with Crippen molar-refractivity contribution in [2.45, 2.75) is 57.3 Å². The van der Waals surface area contributed by atoms with Gasteiger partial charge in [-0.25, -0.2) is 4.79 Å². The maximum Gasteiger partial charge on any atom is 0.335 e. The number of likely N-dealkylation sites (tertiary alicyclic amines) is 1. The molecule has 16 nitrogen and oxygen atoms in total. The van der Waals surface area contributed by atoms with Gasteiger partial charge in [-0.05, 0) is 13.8 Å². The lowest BCUT2D eigenvalue weighted by molar-refractivity contribution is -0.198. The molecule has 0 bridgehead atoms. The van der Waals surface area contributed by atoms with E-state index in [0.29, 0.717) is 30.6 Å². The van der Waals surface area contributed by atoms with E-state index in [9.17, 15) is 33.6 Å². The SMILES string of the molecule is CC(=O)[C@H](C)OCCOCCSC1CC(=O)N(CCC(=O)NCCOCCOCCOCCC(=O)ON2C(=O)CCC2=O)C1=O.